The highest BCUT2D eigenvalue weighted by atomic mass is 19.4. The largest absolute Gasteiger partial charge is 0.416 e. The Bertz CT molecular complexity index is 785. The quantitative estimate of drug-likeness (QED) is 0.790. The molecule has 0 amide bonds. The number of rotatable bonds is 3. The minimum atomic E-state index is -4.44. The fraction of sp³-hybridized carbons (Fsp3) is 0.500. The molecule has 2 aliphatic rings. The number of anilines is 2. The van der Waals surface area contributed by atoms with Crippen LogP contribution >= 0.6 is 0 Å². The number of ether oxygens (including phenoxy) is 2. The molecule has 0 bridgehead atoms. The average Bonchev–Trinajstić information content (AvgIpc) is 2.74. The summed E-state index contributed by atoms with van der Waals surface area (Å²) in [6, 6.07) is 3.67. The van der Waals surface area contributed by atoms with Gasteiger partial charge >= 0.3 is 6.18 Å². The predicted molar refractivity (Wildman–Crippen MR) is 96.3 cm³/mol. The Balaban J connectivity index is 1.75. The summed E-state index contributed by atoms with van der Waals surface area (Å²) in [4.78, 5) is 17.3. The second-order valence-corrected chi connectivity index (χ2v) is 6.54. The maximum absolute atomic E-state index is 13.1. The highest BCUT2D eigenvalue weighted by Crippen LogP contribution is 2.32. The summed E-state index contributed by atoms with van der Waals surface area (Å²) in [5.74, 6) is 1.13. The van der Waals surface area contributed by atoms with Crippen molar-refractivity contribution in [2.24, 2.45) is 0 Å². The van der Waals surface area contributed by atoms with Crippen molar-refractivity contribution < 1.29 is 22.6 Å². The van der Waals surface area contributed by atoms with Gasteiger partial charge in [-0.15, -0.1) is 0 Å². The molecule has 2 saturated heterocycles. The lowest BCUT2D eigenvalue weighted by Gasteiger charge is -2.31. The molecule has 0 saturated carbocycles. The normalized spacial score (nSPS) is 18.4. The molecular weight excluding hydrogens is 375 g/mol. The lowest BCUT2D eigenvalue weighted by atomic mass is 10.2. The van der Waals surface area contributed by atoms with E-state index in [0.29, 0.717) is 70.1 Å². The van der Waals surface area contributed by atoms with Crippen LogP contribution in [0.15, 0.2) is 24.4 Å². The third kappa shape index (κ3) is 4.17. The molecule has 0 unspecified atom stereocenters. The summed E-state index contributed by atoms with van der Waals surface area (Å²) in [6.07, 6.45) is -3.28. The van der Waals surface area contributed by atoms with Crippen molar-refractivity contribution in [3.63, 3.8) is 0 Å². The van der Waals surface area contributed by atoms with E-state index in [0.717, 1.165) is 18.3 Å². The number of halogens is 3. The van der Waals surface area contributed by atoms with Gasteiger partial charge in [-0.25, -0.2) is 4.98 Å². The molecule has 10 heteroatoms. The first-order valence-corrected chi connectivity index (χ1v) is 9.09. The molecule has 28 heavy (non-hydrogen) atoms. The van der Waals surface area contributed by atoms with E-state index in [9.17, 15) is 13.2 Å². The van der Waals surface area contributed by atoms with Gasteiger partial charge in [0, 0.05) is 38.4 Å². The number of hydrogen-bond acceptors (Lipinski definition) is 7. The maximum atomic E-state index is 13.1. The average molecular weight is 395 g/mol. The summed E-state index contributed by atoms with van der Waals surface area (Å²) in [5, 5.41) is 0. The lowest BCUT2D eigenvalue weighted by molar-refractivity contribution is -0.137. The van der Waals surface area contributed by atoms with Gasteiger partial charge in [-0.1, -0.05) is 0 Å². The Morgan fingerprint density at radius 1 is 0.821 bits per heavy atom. The topological polar surface area (TPSA) is 63.6 Å². The number of alkyl halides is 3. The van der Waals surface area contributed by atoms with Crippen LogP contribution in [-0.4, -0.2) is 67.6 Å². The molecule has 0 N–H and O–H groups in total. The van der Waals surface area contributed by atoms with Gasteiger partial charge in [0.15, 0.2) is 0 Å². The SMILES string of the molecule is FC(F)(F)c1ccnc(-c2cc(N3CCOCC3)nc(N3CCOCC3)n2)c1. The second kappa shape index (κ2) is 7.88. The Hall–Kier alpha value is -2.46. The minimum absolute atomic E-state index is 0.168. The Morgan fingerprint density at radius 3 is 2.11 bits per heavy atom. The van der Waals surface area contributed by atoms with Crippen molar-refractivity contribution in [3.8, 4) is 11.4 Å². The zero-order valence-electron chi connectivity index (χ0n) is 15.2. The van der Waals surface area contributed by atoms with Gasteiger partial charge in [0.2, 0.25) is 5.95 Å². The third-order valence-electron chi connectivity index (χ3n) is 4.68. The molecule has 2 fully saturated rings. The van der Waals surface area contributed by atoms with E-state index >= 15 is 0 Å². The second-order valence-electron chi connectivity index (χ2n) is 6.54. The first kappa shape index (κ1) is 18.9. The number of hydrogen-bond donors (Lipinski definition) is 0. The van der Waals surface area contributed by atoms with Crippen LogP contribution in [0.1, 0.15) is 5.56 Å². The molecule has 2 aromatic rings. The first-order valence-electron chi connectivity index (χ1n) is 9.09. The van der Waals surface area contributed by atoms with Crippen LogP contribution in [-0.2, 0) is 15.7 Å². The third-order valence-corrected chi connectivity index (χ3v) is 4.68. The lowest BCUT2D eigenvalue weighted by Crippen LogP contribution is -2.39. The van der Waals surface area contributed by atoms with Gasteiger partial charge in [-0.2, -0.15) is 18.2 Å². The molecule has 0 aliphatic carbocycles. The first-order chi connectivity index (χ1) is 13.5. The Labute approximate surface area is 160 Å². The molecule has 0 radical (unpaired) electrons. The van der Waals surface area contributed by atoms with Gasteiger partial charge in [-0.3, -0.25) is 4.98 Å². The molecule has 2 aromatic heterocycles. The number of morpholine rings is 2. The summed E-state index contributed by atoms with van der Waals surface area (Å²) < 4.78 is 50.1. The van der Waals surface area contributed by atoms with E-state index in [2.05, 4.69) is 15.0 Å². The van der Waals surface area contributed by atoms with Crippen LogP contribution in [0.5, 0.6) is 0 Å². The van der Waals surface area contributed by atoms with Crippen LogP contribution in [0, 0.1) is 0 Å². The van der Waals surface area contributed by atoms with Gasteiger partial charge in [0.25, 0.3) is 0 Å². The zero-order chi connectivity index (χ0) is 19.6. The van der Waals surface area contributed by atoms with E-state index in [1.165, 1.54) is 0 Å². The smallest absolute Gasteiger partial charge is 0.378 e. The van der Waals surface area contributed by atoms with E-state index < -0.39 is 11.7 Å². The Morgan fingerprint density at radius 2 is 1.46 bits per heavy atom. The van der Waals surface area contributed by atoms with Crippen LogP contribution in [0.2, 0.25) is 0 Å². The molecular formula is C18H20F3N5O2. The van der Waals surface area contributed by atoms with Crippen molar-refractivity contribution in [3.05, 3.63) is 30.0 Å². The molecule has 7 nitrogen and oxygen atoms in total. The van der Waals surface area contributed by atoms with Crippen molar-refractivity contribution in [1.82, 2.24) is 15.0 Å². The predicted octanol–water partition coefficient (Wildman–Crippen LogP) is 2.23. The molecule has 150 valence electrons. The molecule has 0 spiro atoms. The summed E-state index contributed by atoms with van der Waals surface area (Å²) >= 11 is 0. The van der Waals surface area contributed by atoms with Crippen molar-refractivity contribution >= 4 is 11.8 Å². The van der Waals surface area contributed by atoms with Crippen LogP contribution < -0.4 is 9.80 Å². The fourth-order valence-electron chi connectivity index (χ4n) is 3.16. The summed E-state index contributed by atoms with van der Waals surface area (Å²) in [6.45, 7) is 4.85. The molecule has 4 heterocycles. The highest BCUT2D eigenvalue weighted by molar-refractivity contribution is 5.63. The number of pyridine rings is 1. The van der Waals surface area contributed by atoms with Crippen LogP contribution in [0.25, 0.3) is 11.4 Å². The van der Waals surface area contributed by atoms with Crippen molar-refractivity contribution in [2.45, 2.75) is 6.18 Å². The Kier molecular flexibility index (Phi) is 5.31. The van der Waals surface area contributed by atoms with Gasteiger partial charge in [-0.05, 0) is 12.1 Å². The maximum Gasteiger partial charge on any atom is 0.416 e. The van der Waals surface area contributed by atoms with E-state index in [4.69, 9.17) is 9.47 Å². The van der Waals surface area contributed by atoms with Crippen LogP contribution in [0.4, 0.5) is 24.9 Å². The van der Waals surface area contributed by atoms with E-state index in [-0.39, 0.29) is 5.69 Å². The minimum Gasteiger partial charge on any atom is -0.378 e. The van der Waals surface area contributed by atoms with Crippen molar-refractivity contribution in [2.75, 3.05) is 62.4 Å². The van der Waals surface area contributed by atoms with E-state index in [1.807, 2.05) is 9.80 Å². The monoisotopic (exact) mass is 395 g/mol. The molecule has 2 aliphatic heterocycles. The van der Waals surface area contributed by atoms with Gasteiger partial charge < -0.3 is 19.3 Å². The molecule has 0 aromatic carbocycles. The summed E-state index contributed by atoms with van der Waals surface area (Å²) in [7, 11) is 0. The molecule has 0 atom stereocenters. The zero-order valence-corrected chi connectivity index (χ0v) is 15.2. The van der Waals surface area contributed by atoms with E-state index in [1.54, 1.807) is 6.07 Å². The molecule has 4 rings (SSSR count). The van der Waals surface area contributed by atoms with Crippen LogP contribution in [0.3, 0.4) is 0 Å². The van der Waals surface area contributed by atoms with Gasteiger partial charge in [0.1, 0.15) is 5.82 Å². The standard InChI is InChI=1S/C18H20F3N5O2/c19-18(20,21)13-1-2-22-14(11-13)15-12-16(25-3-7-27-8-4-25)24-17(23-15)26-5-9-28-10-6-26/h1-2,11-12H,3-10H2. The van der Waals surface area contributed by atoms with Crippen molar-refractivity contribution in [1.29, 1.82) is 0 Å². The number of nitrogens with zero attached hydrogens (tertiary/aromatic N) is 5. The van der Waals surface area contributed by atoms with Gasteiger partial charge in [0.05, 0.1) is 43.4 Å². The number of aromatic nitrogens is 3. The fourth-order valence-corrected chi connectivity index (χ4v) is 3.16. The highest BCUT2D eigenvalue weighted by Gasteiger charge is 2.31. The summed E-state index contributed by atoms with van der Waals surface area (Å²) in [5.41, 5.74) is -0.220.